The lowest BCUT2D eigenvalue weighted by molar-refractivity contribution is -0.145. The van der Waals surface area contributed by atoms with Crippen molar-refractivity contribution in [1.82, 2.24) is 20.5 Å². The van der Waals surface area contributed by atoms with Crippen molar-refractivity contribution < 1.29 is 38.5 Å². The number of nitrogens with one attached hydrogen (secondary N) is 2. The molecule has 6 rings (SSSR count). The van der Waals surface area contributed by atoms with Gasteiger partial charge in [-0.15, -0.1) is 0 Å². The predicted molar refractivity (Wildman–Crippen MR) is 180 cm³/mol. The summed E-state index contributed by atoms with van der Waals surface area (Å²) in [5.74, 6) is -1.12. The van der Waals surface area contributed by atoms with Crippen molar-refractivity contribution in [3.05, 3.63) is 28.7 Å². The van der Waals surface area contributed by atoms with Gasteiger partial charge in [-0.1, -0.05) is 31.7 Å². The van der Waals surface area contributed by atoms with E-state index in [0.29, 0.717) is 43.0 Å². The minimum Gasteiger partial charge on any atom is -0.488 e. The largest absolute Gasteiger partial charge is 0.488 e. The van der Waals surface area contributed by atoms with Crippen LogP contribution in [0.2, 0.25) is 0 Å². The summed E-state index contributed by atoms with van der Waals surface area (Å²) in [5, 5.41) is 16.7. The van der Waals surface area contributed by atoms with E-state index in [-0.39, 0.29) is 37.3 Å². The molecule has 2 saturated carbocycles. The Morgan fingerprint density at radius 3 is 2.58 bits per heavy atom. The normalized spacial score (nSPS) is 28.4. The van der Waals surface area contributed by atoms with E-state index >= 15 is 0 Å². The third kappa shape index (κ3) is 7.66. The van der Waals surface area contributed by atoms with Crippen LogP contribution in [0.4, 0.5) is 4.79 Å². The molecule has 2 saturated heterocycles. The molecule has 48 heavy (non-hydrogen) atoms. The summed E-state index contributed by atoms with van der Waals surface area (Å²) >= 11 is 3.56. The van der Waals surface area contributed by atoms with Gasteiger partial charge in [0.1, 0.15) is 29.5 Å². The van der Waals surface area contributed by atoms with Crippen LogP contribution in [0.25, 0.3) is 10.9 Å². The summed E-state index contributed by atoms with van der Waals surface area (Å²) in [5.41, 5.74) is -0.666. The Balaban J connectivity index is 1.25. The fourth-order valence-electron chi connectivity index (χ4n) is 7.56. The van der Waals surface area contributed by atoms with Crippen LogP contribution in [0, 0.1) is 5.92 Å². The lowest BCUT2D eigenvalue weighted by Gasteiger charge is -2.27. The van der Waals surface area contributed by atoms with E-state index in [1.54, 1.807) is 6.07 Å². The van der Waals surface area contributed by atoms with Gasteiger partial charge < -0.3 is 34.9 Å². The topological polar surface area (TPSA) is 156 Å². The van der Waals surface area contributed by atoms with E-state index in [0.717, 1.165) is 61.2 Å². The number of amides is 3. The SMILES string of the molecule is CCOc1cc(O[C@@H]2C[C@H]3C(=O)N[C@]4(C(=O)O)C[C@@H]4CCCCCC[C@H](NC(=O)OC4CCCC4)CC(=O)N3C2)c2cccc(Br)c2n1. The summed E-state index contributed by atoms with van der Waals surface area (Å²) in [4.78, 5) is 59.4. The molecule has 2 aliphatic carbocycles. The number of aromatic nitrogens is 1. The quantitative estimate of drug-likeness (QED) is 0.336. The number of aliphatic carboxylic acids is 1. The number of benzene rings is 1. The standard InChI is InChI=1S/C35H45BrN4O8/c1-2-46-29-18-28(25-14-9-15-26(36)31(25)38-29)47-24-17-27-32(42)39-35(33(43)44)19-21(35)10-5-3-4-6-11-22(16-30(41)40(27)20-24)37-34(45)48-23-12-7-8-13-23/h9,14-15,18,21-24,27H,2-8,10-13,16-17,19-20H2,1H3,(H,37,45)(H,39,42)(H,43,44)/t21-,22-,24+,27-,35+/m0/s1. The highest BCUT2D eigenvalue weighted by atomic mass is 79.9. The number of halogens is 1. The van der Waals surface area contributed by atoms with Crippen LogP contribution in [0.3, 0.4) is 0 Å². The molecule has 4 fully saturated rings. The van der Waals surface area contributed by atoms with Gasteiger partial charge in [-0.05, 0) is 85.9 Å². The first-order chi connectivity index (χ1) is 23.2. The number of carboxylic acids is 1. The van der Waals surface area contributed by atoms with Crippen LogP contribution in [0.1, 0.15) is 90.4 Å². The highest BCUT2D eigenvalue weighted by Gasteiger charge is 2.62. The lowest BCUT2D eigenvalue weighted by atomic mass is 10.0. The van der Waals surface area contributed by atoms with E-state index in [9.17, 15) is 24.3 Å². The minimum atomic E-state index is -1.32. The minimum absolute atomic E-state index is 0.0113. The molecule has 2 aliphatic heterocycles. The molecule has 12 nitrogen and oxygen atoms in total. The molecule has 2 aromatic rings. The van der Waals surface area contributed by atoms with E-state index in [2.05, 4.69) is 31.5 Å². The number of pyridine rings is 1. The number of carbonyl (C=O) groups is 4. The van der Waals surface area contributed by atoms with Gasteiger partial charge in [0.05, 0.1) is 18.7 Å². The van der Waals surface area contributed by atoms with E-state index < -0.39 is 41.7 Å². The Morgan fingerprint density at radius 1 is 1.08 bits per heavy atom. The number of carboxylic acid groups (broad SMARTS) is 1. The highest BCUT2D eigenvalue weighted by Crippen LogP contribution is 2.47. The van der Waals surface area contributed by atoms with Crippen molar-refractivity contribution >= 4 is 50.7 Å². The van der Waals surface area contributed by atoms with Crippen molar-refractivity contribution in [1.29, 1.82) is 0 Å². The summed E-state index contributed by atoms with van der Waals surface area (Å²) in [6.07, 6.45) is 7.85. The number of rotatable bonds is 7. The van der Waals surface area contributed by atoms with Crippen LogP contribution < -0.4 is 20.1 Å². The Morgan fingerprint density at radius 2 is 1.83 bits per heavy atom. The molecule has 3 heterocycles. The Labute approximate surface area is 288 Å². The zero-order valence-corrected chi connectivity index (χ0v) is 29.0. The Hall–Kier alpha value is -3.61. The zero-order valence-electron chi connectivity index (χ0n) is 27.4. The van der Waals surface area contributed by atoms with Gasteiger partial charge in [-0.2, -0.15) is 0 Å². The fraction of sp³-hybridized carbons (Fsp3) is 0.629. The van der Waals surface area contributed by atoms with E-state index in [1.165, 1.54) is 4.90 Å². The number of hydrogen-bond acceptors (Lipinski definition) is 8. The molecule has 0 bridgehead atoms. The number of ether oxygens (including phenoxy) is 3. The molecule has 4 aliphatic rings. The van der Waals surface area contributed by atoms with E-state index in [1.807, 2.05) is 25.1 Å². The molecule has 13 heteroatoms. The summed E-state index contributed by atoms with van der Waals surface area (Å²) < 4.78 is 18.7. The number of alkyl carbamates (subject to hydrolysis) is 1. The van der Waals surface area contributed by atoms with Gasteiger partial charge in [-0.25, -0.2) is 14.6 Å². The molecular formula is C35H45BrN4O8. The second kappa shape index (κ2) is 14.9. The predicted octanol–water partition coefficient (Wildman–Crippen LogP) is 5.49. The first-order valence-electron chi connectivity index (χ1n) is 17.4. The monoisotopic (exact) mass is 728 g/mol. The fourth-order valence-corrected chi connectivity index (χ4v) is 8.02. The van der Waals surface area contributed by atoms with Crippen molar-refractivity contribution in [3.63, 3.8) is 0 Å². The molecule has 0 unspecified atom stereocenters. The molecule has 3 amide bonds. The van der Waals surface area contributed by atoms with Crippen LogP contribution in [-0.2, 0) is 19.1 Å². The van der Waals surface area contributed by atoms with Crippen molar-refractivity contribution in [2.75, 3.05) is 13.2 Å². The molecule has 1 aromatic heterocycles. The first-order valence-corrected chi connectivity index (χ1v) is 18.2. The summed E-state index contributed by atoms with van der Waals surface area (Å²) in [6, 6.07) is 5.94. The maximum absolute atomic E-state index is 14.1. The van der Waals surface area contributed by atoms with Crippen LogP contribution in [0.5, 0.6) is 11.6 Å². The van der Waals surface area contributed by atoms with Gasteiger partial charge in [0.25, 0.3) is 0 Å². The Bertz CT molecular complexity index is 1530. The van der Waals surface area contributed by atoms with Crippen molar-refractivity contribution in [2.45, 2.75) is 120 Å². The zero-order chi connectivity index (χ0) is 33.8. The molecule has 260 valence electrons. The lowest BCUT2D eigenvalue weighted by Crippen LogP contribution is -2.53. The van der Waals surface area contributed by atoms with Crippen LogP contribution in [-0.4, -0.2) is 81.8 Å². The average Bonchev–Trinajstić information content (AvgIpc) is 3.33. The van der Waals surface area contributed by atoms with Gasteiger partial charge in [0, 0.05) is 34.8 Å². The maximum atomic E-state index is 14.1. The summed E-state index contributed by atoms with van der Waals surface area (Å²) in [7, 11) is 0. The average molecular weight is 730 g/mol. The number of carbonyl (C=O) groups excluding carboxylic acids is 3. The smallest absolute Gasteiger partial charge is 0.407 e. The molecular weight excluding hydrogens is 684 g/mol. The second-order valence-corrected chi connectivity index (χ2v) is 14.4. The molecule has 1 aromatic carbocycles. The van der Waals surface area contributed by atoms with Gasteiger partial charge in [-0.3, -0.25) is 9.59 Å². The summed E-state index contributed by atoms with van der Waals surface area (Å²) in [6.45, 7) is 2.39. The van der Waals surface area contributed by atoms with Crippen LogP contribution >= 0.6 is 15.9 Å². The third-order valence-corrected chi connectivity index (χ3v) is 10.8. The Kier molecular flexibility index (Phi) is 10.6. The first kappa shape index (κ1) is 34.3. The number of hydrogen-bond donors (Lipinski definition) is 3. The van der Waals surface area contributed by atoms with Crippen molar-refractivity contribution in [3.8, 4) is 11.6 Å². The number of fused-ring (bicyclic) bond motifs is 3. The number of nitrogens with zero attached hydrogens (tertiary/aromatic N) is 2. The second-order valence-electron chi connectivity index (χ2n) is 13.6. The number of para-hydroxylation sites is 1. The molecule has 0 radical (unpaired) electrons. The molecule has 3 N–H and O–H groups in total. The maximum Gasteiger partial charge on any atom is 0.407 e. The van der Waals surface area contributed by atoms with E-state index in [4.69, 9.17) is 14.2 Å². The molecule has 0 spiro atoms. The van der Waals surface area contributed by atoms with Crippen molar-refractivity contribution in [2.24, 2.45) is 5.92 Å². The third-order valence-electron chi connectivity index (χ3n) is 10.2. The van der Waals surface area contributed by atoms with Crippen LogP contribution in [0.15, 0.2) is 28.7 Å². The van der Waals surface area contributed by atoms with Gasteiger partial charge >= 0.3 is 12.1 Å². The van der Waals surface area contributed by atoms with Gasteiger partial charge in [0.15, 0.2) is 0 Å². The van der Waals surface area contributed by atoms with Gasteiger partial charge in [0.2, 0.25) is 17.7 Å². The highest BCUT2D eigenvalue weighted by molar-refractivity contribution is 9.10. The molecule has 5 atom stereocenters.